The number of nitrogens with one attached hydrogen (secondary N) is 1. The average Bonchev–Trinajstić information content (AvgIpc) is 3.02. The van der Waals surface area contributed by atoms with Crippen LogP contribution in [0.3, 0.4) is 0 Å². The van der Waals surface area contributed by atoms with E-state index < -0.39 is 17.5 Å². The Hall–Kier alpha value is -3.35. The number of imide groups is 1. The molecule has 7 heteroatoms. The summed E-state index contributed by atoms with van der Waals surface area (Å²) in [6, 6.07) is 14.1. The summed E-state index contributed by atoms with van der Waals surface area (Å²) in [6.45, 7) is 8.98. The largest absolute Gasteiger partial charge is 0.490 e. The molecule has 0 spiro atoms. The van der Waals surface area contributed by atoms with Crippen LogP contribution in [0.15, 0.2) is 53.6 Å². The molecule has 2 aromatic rings. The number of benzene rings is 2. The van der Waals surface area contributed by atoms with Crippen LogP contribution in [0.2, 0.25) is 0 Å². The summed E-state index contributed by atoms with van der Waals surface area (Å²) in [4.78, 5) is 25.7. The van der Waals surface area contributed by atoms with E-state index in [1.807, 2.05) is 50.2 Å². The standard InChI is InChI=1S/C24H29N3O4/c1-5-24(19-10-8-7-9-11-19)22(28)27(23(29)26-24)25-15-18-12-13-20(31-16-17(3)4)21(14-18)30-6-2/h7-15,17H,5-6,16H2,1-4H3,(H,26,29)/b25-15-/t24-/m1/s1. The van der Waals surface area contributed by atoms with Crippen molar-refractivity contribution in [2.75, 3.05) is 13.2 Å². The van der Waals surface area contributed by atoms with Gasteiger partial charge >= 0.3 is 6.03 Å². The molecule has 2 aromatic carbocycles. The van der Waals surface area contributed by atoms with Gasteiger partial charge in [-0.1, -0.05) is 51.1 Å². The SMILES string of the molecule is CCOc1cc(/C=N\N2C(=O)N[C@](CC)(c3ccccc3)C2=O)ccc1OCC(C)C. The van der Waals surface area contributed by atoms with Crippen LogP contribution in [-0.4, -0.2) is 36.4 Å². The van der Waals surface area contributed by atoms with E-state index in [1.54, 1.807) is 12.1 Å². The summed E-state index contributed by atoms with van der Waals surface area (Å²) in [6.07, 6.45) is 1.90. The minimum atomic E-state index is -1.11. The fourth-order valence-electron chi connectivity index (χ4n) is 3.40. The molecule has 31 heavy (non-hydrogen) atoms. The third kappa shape index (κ3) is 4.71. The Bertz CT molecular complexity index is 959. The first-order valence-electron chi connectivity index (χ1n) is 10.6. The molecule has 0 unspecified atom stereocenters. The van der Waals surface area contributed by atoms with Gasteiger partial charge in [0.25, 0.3) is 5.91 Å². The van der Waals surface area contributed by atoms with Crippen molar-refractivity contribution in [2.24, 2.45) is 11.0 Å². The van der Waals surface area contributed by atoms with Gasteiger partial charge < -0.3 is 14.8 Å². The molecule has 7 nitrogen and oxygen atoms in total. The van der Waals surface area contributed by atoms with Gasteiger partial charge in [0.15, 0.2) is 11.5 Å². The maximum absolute atomic E-state index is 13.1. The van der Waals surface area contributed by atoms with Crippen molar-refractivity contribution in [3.05, 3.63) is 59.7 Å². The topological polar surface area (TPSA) is 80.2 Å². The summed E-state index contributed by atoms with van der Waals surface area (Å²) in [5, 5.41) is 7.89. The molecule has 3 rings (SSSR count). The first-order valence-corrected chi connectivity index (χ1v) is 10.6. The molecule has 1 atom stereocenters. The van der Waals surface area contributed by atoms with Gasteiger partial charge in [0.05, 0.1) is 19.4 Å². The number of carbonyl (C=O) groups is 2. The van der Waals surface area contributed by atoms with E-state index in [-0.39, 0.29) is 0 Å². The van der Waals surface area contributed by atoms with E-state index in [9.17, 15) is 9.59 Å². The predicted octanol–water partition coefficient (Wildman–Crippen LogP) is 4.31. The molecular weight excluding hydrogens is 394 g/mol. The van der Waals surface area contributed by atoms with E-state index in [4.69, 9.17) is 9.47 Å². The monoisotopic (exact) mass is 423 g/mol. The predicted molar refractivity (Wildman–Crippen MR) is 119 cm³/mol. The molecule has 0 aliphatic carbocycles. The quantitative estimate of drug-likeness (QED) is 0.481. The molecule has 164 valence electrons. The number of hydrogen-bond donors (Lipinski definition) is 1. The highest BCUT2D eigenvalue weighted by molar-refractivity contribution is 6.07. The molecule has 1 N–H and O–H groups in total. The smallest absolute Gasteiger partial charge is 0.346 e. The van der Waals surface area contributed by atoms with Crippen LogP contribution < -0.4 is 14.8 Å². The van der Waals surface area contributed by atoms with Crippen molar-refractivity contribution in [1.29, 1.82) is 0 Å². The zero-order valence-electron chi connectivity index (χ0n) is 18.4. The van der Waals surface area contributed by atoms with Crippen LogP contribution >= 0.6 is 0 Å². The Morgan fingerprint density at radius 3 is 2.45 bits per heavy atom. The summed E-state index contributed by atoms with van der Waals surface area (Å²) in [5.74, 6) is 1.23. The number of urea groups is 1. The fourth-order valence-corrected chi connectivity index (χ4v) is 3.40. The number of rotatable bonds is 9. The molecule has 1 saturated heterocycles. The second kappa shape index (κ2) is 9.64. The molecule has 3 amide bonds. The average molecular weight is 424 g/mol. The van der Waals surface area contributed by atoms with Gasteiger partial charge in [-0.3, -0.25) is 4.79 Å². The maximum Gasteiger partial charge on any atom is 0.346 e. The third-order valence-electron chi connectivity index (χ3n) is 5.03. The van der Waals surface area contributed by atoms with Crippen molar-refractivity contribution in [2.45, 2.75) is 39.7 Å². The number of carbonyl (C=O) groups excluding carboxylic acids is 2. The normalized spacial score (nSPS) is 18.7. The number of amides is 3. The summed E-state index contributed by atoms with van der Waals surface area (Å²) < 4.78 is 11.5. The summed E-state index contributed by atoms with van der Waals surface area (Å²) in [7, 11) is 0. The first kappa shape index (κ1) is 22.3. The van der Waals surface area contributed by atoms with E-state index in [0.717, 1.165) is 10.6 Å². The van der Waals surface area contributed by atoms with E-state index in [2.05, 4.69) is 24.3 Å². The zero-order valence-corrected chi connectivity index (χ0v) is 18.4. The Morgan fingerprint density at radius 2 is 1.81 bits per heavy atom. The van der Waals surface area contributed by atoms with Gasteiger partial charge in [0, 0.05) is 0 Å². The molecular formula is C24H29N3O4. The zero-order chi connectivity index (χ0) is 22.4. The van der Waals surface area contributed by atoms with Gasteiger partial charge in [-0.2, -0.15) is 5.10 Å². The number of ether oxygens (including phenoxy) is 2. The number of hydrogen-bond acceptors (Lipinski definition) is 5. The van der Waals surface area contributed by atoms with Crippen molar-refractivity contribution < 1.29 is 19.1 Å². The molecule has 1 aliphatic heterocycles. The van der Waals surface area contributed by atoms with Crippen LogP contribution in [0.25, 0.3) is 0 Å². The molecule has 1 fully saturated rings. The van der Waals surface area contributed by atoms with E-state index in [0.29, 0.717) is 42.6 Å². The van der Waals surface area contributed by atoms with Crippen molar-refractivity contribution in [1.82, 2.24) is 10.3 Å². The van der Waals surface area contributed by atoms with Crippen LogP contribution in [0.5, 0.6) is 11.5 Å². The molecule has 1 aliphatic rings. The number of hydrazone groups is 1. The van der Waals surface area contributed by atoms with E-state index in [1.165, 1.54) is 6.21 Å². The minimum absolute atomic E-state index is 0.388. The molecule has 1 heterocycles. The Balaban J connectivity index is 1.83. The maximum atomic E-state index is 13.1. The Kier molecular flexibility index (Phi) is 6.95. The van der Waals surface area contributed by atoms with Crippen molar-refractivity contribution in [3.8, 4) is 11.5 Å². The summed E-state index contributed by atoms with van der Waals surface area (Å²) >= 11 is 0. The molecule has 0 radical (unpaired) electrons. The highest BCUT2D eigenvalue weighted by Crippen LogP contribution is 2.33. The van der Waals surface area contributed by atoms with Crippen molar-refractivity contribution >= 4 is 18.2 Å². The Labute approximate surface area is 183 Å². The highest BCUT2D eigenvalue weighted by atomic mass is 16.5. The second-order valence-corrected chi connectivity index (χ2v) is 7.76. The second-order valence-electron chi connectivity index (χ2n) is 7.76. The fraction of sp³-hybridized carbons (Fsp3) is 0.375. The number of nitrogens with zero attached hydrogens (tertiary/aromatic N) is 2. The van der Waals surface area contributed by atoms with Crippen LogP contribution in [0.4, 0.5) is 4.79 Å². The van der Waals surface area contributed by atoms with Crippen molar-refractivity contribution in [3.63, 3.8) is 0 Å². The Morgan fingerprint density at radius 1 is 1.06 bits per heavy atom. The van der Waals surface area contributed by atoms with Crippen LogP contribution in [-0.2, 0) is 10.3 Å². The van der Waals surface area contributed by atoms with Gasteiger partial charge in [-0.05, 0) is 48.6 Å². The van der Waals surface area contributed by atoms with Crippen LogP contribution in [0, 0.1) is 5.92 Å². The third-order valence-corrected chi connectivity index (χ3v) is 5.03. The minimum Gasteiger partial charge on any atom is -0.490 e. The lowest BCUT2D eigenvalue weighted by Crippen LogP contribution is -2.43. The van der Waals surface area contributed by atoms with Crippen LogP contribution in [0.1, 0.15) is 45.2 Å². The lowest BCUT2D eigenvalue weighted by molar-refractivity contribution is -0.131. The lowest BCUT2D eigenvalue weighted by atomic mass is 9.87. The molecule has 0 saturated carbocycles. The molecule has 0 bridgehead atoms. The molecule has 0 aromatic heterocycles. The first-order chi connectivity index (χ1) is 14.9. The lowest BCUT2D eigenvalue weighted by Gasteiger charge is -2.24. The van der Waals surface area contributed by atoms with Gasteiger partial charge in [-0.25, -0.2) is 4.79 Å². The summed E-state index contributed by atoms with van der Waals surface area (Å²) in [5.41, 5.74) is 0.314. The van der Waals surface area contributed by atoms with Gasteiger partial charge in [0.1, 0.15) is 5.54 Å². The van der Waals surface area contributed by atoms with E-state index >= 15 is 0 Å². The highest BCUT2D eigenvalue weighted by Gasteiger charge is 2.51. The van der Waals surface area contributed by atoms with Gasteiger partial charge in [-0.15, -0.1) is 5.01 Å². The van der Waals surface area contributed by atoms with Gasteiger partial charge in [0.2, 0.25) is 0 Å².